The quantitative estimate of drug-likeness (QED) is 0.392. The average Bonchev–Trinajstić information content (AvgIpc) is 3.10. The van der Waals surface area contributed by atoms with Crippen molar-refractivity contribution in [3.8, 4) is 0 Å². The number of aliphatic imine (C=N–C) groups is 1. The topological polar surface area (TPSA) is 18.4 Å². The smallest absolute Gasteiger partial charge is 0.202 e. The molecule has 0 N–H and O–H groups in total. The predicted octanol–water partition coefficient (Wildman–Crippen LogP) is 1.44. The van der Waals surface area contributed by atoms with Crippen LogP contribution in [0, 0.1) is 5.82 Å². The van der Waals surface area contributed by atoms with Gasteiger partial charge in [0.15, 0.2) is 0 Å². The summed E-state index contributed by atoms with van der Waals surface area (Å²) in [7, 11) is 0. The summed E-state index contributed by atoms with van der Waals surface area (Å²) in [6.45, 7) is 4.18. The summed E-state index contributed by atoms with van der Waals surface area (Å²) >= 11 is 0. The number of hydrogen-bond donors (Lipinski definition) is 0. The van der Waals surface area contributed by atoms with Crippen molar-refractivity contribution in [2.75, 3.05) is 26.2 Å². The Morgan fingerprint density at radius 1 is 1.07 bits per heavy atom. The van der Waals surface area contributed by atoms with Gasteiger partial charge in [-0.2, -0.15) is 0 Å². The van der Waals surface area contributed by atoms with Crippen molar-refractivity contribution >= 4 is 11.6 Å². The molecule has 3 nitrogen and oxygen atoms in total. The van der Waals surface area contributed by atoms with E-state index in [-0.39, 0.29) is 5.82 Å². The first-order valence-electron chi connectivity index (χ1n) is 5.18. The third-order valence-electron chi connectivity index (χ3n) is 2.53. The van der Waals surface area contributed by atoms with Crippen molar-refractivity contribution in [1.29, 1.82) is 0 Å². The fourth-order valence-electron chi connectivity index (χ4n) is 1.49. The van der Waals surface area contributed by atoms with Crippen molar-refractivity contribution < 1.29 is 4.39 Å². The number of halogens is 1. The van der Waals surface area contributed by atoms with Crippen LogP contribution in [0.25, 0.3) is 0 Å². The summed E-state index contributed by atoms with van der Waals surface area (Å²) in [5.74, 6) is 0.679. The molecule has 15 heavy (non-hydrogen) atoms. The second-order valence-electron chi connectivity index (χ2n) is 3.84. The first kappa shape index (κ1) is 8.71. The van der Waals surface area contributed by atoms with Gasteiger partial charge in [-0.05, 0) is 12.1 Å². The van der Waals surface area contributed by atoms with E-state index in [9.17, 15) is 4.39 Å². The summed E-state index contributed by atoms with van der Waals surface area (Å²) in [5.41, 5.74) is 0.436. The zero-order valence-electron chi connectivity index (χ0n) is 8.36. The van der Waals surface area contributed by atoms with Gasteiger partial charge in [0.25, 0.3) is 0 Å². The number of rotatable bonds is 1. The molecule has 0 aromatic heterocycles. The fourth-order valence-corrected chi connectivity index (χ4v) is 1.49. The van der Waals surface area contributed by atoms with Gasteiger partial charge >= 0.3 is 0 Å². The molecule has 0 radical (unpaired) electrons. The second kappa shape index (κ2) is 3.22. The van der Waals surface area contributed by atoms with Gasteiger partial charge in [-0.25, -0.2) is 9.38 Å². The molecule has 0 unspecified atom stereocenters. The lowest BCUT2D eigenvalue weighted by molar-refractivity contribution is 0.626. The lowest BCUT2D eigenvalue weighted by Gasteiger charge is -2.08. The molecule has 0 saturated carbocycles. The maximum Gasteiger partial charge on any atom is 0.202 e. The number of guanidine groups is 1. The van der Waals surface area contributed by atoms with Gasteiger partial charge in [-0.15, -0.1) is 0 Å². The van der Waals surface area contributed by atoms with Crippen LogP contribution in [0.4, 0.5) is 10.1 Å². The molecule has 2 saturated heterocycles. The Morgan fingerprint density at radius 3 is 2.20 bits per heavy atom. The lowest BCUT2D eigenvalue weighted by atomic mass is 10.3. The highest BCUT2D eigenvalue weighted by Gasteiger charge is 2.32. The van der Waals surface area contributed by atoms with Crippen LogP contribution in [-0.2, 0) is 0 Å². The van der Waals surface area contributed by atoms with Gasteiger partial charge in [0, 0.05) is 26.2 Å². The first-order chi connectivity index (χ1) is 7.34. The minimum atomic E-state index is -0.251. The van der Waals surface area contributed by atoms with Crippen molar-refractivity contribution in [2.24, 2.45) is 4.99 Å². The Balaban J connectivity index is 1.92. The van der Waals surface area contributed by atoms with E-state index in [1.165, 1.54) is 6.07 Å². The summed E-state index contributed by atoms with van der Waals surface area (Å²) in [4.78, 5) is 8.68. The Hall–Kier alpha value is -1.58. The monoisotopic (exact) mass is 205 g/mol. The SMILES string of the molecule is Fc1ccccc1N=C(N1CC1)N1CC1. The van der Waals surface area contributed by atoms with Gasteiger partial charge in [0.2, 0.25) is 5.96 Å². The molecule has 1 aromatic rings. The predicted molar refractivity (Wildman–Crippen MR) is 56.6 cm³/mol. The molecule has 2 aliphatic heterocycles. The van der Waals surface area contributed by atoms with E-state index in [0.29, 0.717) is 5.69 Å². The molecule has 1 aromatic carbocycles. The highest BCUT2D eigenvalue weighted by Crippen LogP contribution is 2.22. The van der Waals surface area contributed by atoms with E-state index in [0.717, 1.165) is 32.1 Å². The van der Waals surface area contributed by atoms with E-state index in [2.05, 4.69) is 14.8 Å². The van der Waals surface area contributed by atoms with Gasteiger partial charge in [-0.3, -0.25) is 0 Å². The van der Waals surface area contributed by atoms with Crippen molar-refractivity contribution in [1.82, 2.24) is 9.80 Å². The summed E-state index contributed by atoms with van der Waals surface area (Å²) in [6, 6.07) is 6.65. The first-order valence-corrected chi connectivity index (χ1v) is 5.18. The number of nitrogens with zero attached hydrogens (tertiary/aromatic N) is 3. The zero-order chi connectivity index (χ0) is 10.3. The van der Waals surface area contributed by atoms with Crippen LogP contribution in [0.1, 0.15) is 0 Å². The molecular formula is C11H12FN3. The minimum Gasteiger partial charge on any atom is -0.339 e. The van der Waals surface area contributed by atoms with Crippen LogP contribution in [0.2, 0.25) is 0 Å². The molecule has 0 amide bonds. The average molecular weight is 205 g/mol. The number of benzene rings is 1. The fraction of sp³-hybridized carbons (Fsp3) is 0.364. The molecule has 78 valence electrons. The highest BCUT2D eigenvalue weighted by atomic mass is 19.1. The largest absolute Gasteiger partial charge is 0.339 e. The molecule has 3 rings (SSSR count). The maximum absolute atomic E-state index is 13.4. The van der Waals surface area contributed by atoms with Crippen molar-refractivity contribution in [3.63, 3.8) is 0 Å². The van der Waals surface area contributed by atoms with Crippen LogP contribution in [0.5, 0.6) is 0 Å². The standard InChI is InChI=1S/C11H12FN3/c12-9-3-1-2-4-10(9)13-11(14-5-6-14)15-7-8-15/h1-4H,5-8H2. The van der Waals surface area contributed by atoms with E-state index in [1.807, 2.05) is 6.07 Å². The van der Waals surface area contributed by atoms with Crippen LogP contribution in [-0.4, -0.2) is 41.9 Å². The van der Waals surface area contributed by atoms with E-state index < -0.39 is 0 Å². The molecule has 4 heteroatoms. The Kier molecular flexibility index (Phi) is 1.87. The molecule has 0 spiro atoms. The van der Waals surface area contributed by atoms with E-state index in [1.54, 1.807) is 12.1 Å². The van der Waals surface area contributed by atoms with Crippen LogP contribution < -0.4 is 0 Å². The molecular weight excluding hydrogens is 193 g/mol. The molecule has 0 aliphatic carbocycles. The molecule has 2 aliphatic rings. The number of hydrogen-bond acceptors (Lipinski definition) is 1. The zero-order valence-corrected chi connectivity index (χ0v) is 8.36. The van der Waals surface area contributed by atoms with Gasteiger partial charge < -0.3 is 9.80 Å². The highest BCUT2D eigenvalue weighted by molar-refractivity contribution is 5.86. The van der Waals surface area contributed by atoms with E-state index >= 15 is 0 Å². The molecule has 0 atom stereocenters. The normalized spacial score (nSPS) is 17.7. The second-order valence-corrected chi connectivity index (χ2v) is 3.84. The summed E-state index contributed by atoms with van der Waals surface area (Å²) in [6.07, 6.45) is 0. The third kappa shape index (κ3) is 1.79. The Bertz CT molecular complexity index is 394. The molecule has 0 bridgehead atoms. The molecule has 2 heterocycles. The number of para-hydroxylation sites is 1. The summed E-state index contributed by atoms with van der Waals surface area (Å²) < 4.78 is 13.4. The van der Waals surface area contributed by atoms with Gasteiger partial charge in [-0.1, -0.05) is 12.1 Å². The van der Waals surface area contributed by atoms with Crippen LogP contribution in [0.3, 0.4) is 0 Å². The van der Waals surface area contributed by atoms with Crippen LogP contribution >= 0.6 is 0 Å². The third-order valence-corrected chi connectivity index (χ3v) is 2.53. The van der Waals surface area contributed by atoms with Gasteiger partial charge in [0.1, 0.15) is 11.5 Å². The van der Waals surface area contributed by atoms with Crippen molar-refractivity contribution in [2.45, 2.75) is 0 Å². The van der Waals surface area contributed by atoms with Gasteiger partial charge in [0.05, 0.1) is 0 Å². The summed E-state index contributed by atoms with van der Waals surface area (Å²) in [5, 5.41) is 0. The lowest BCUT2D eigenvalue weighted by Crippen LogP contribution is -2.20. The Morgan fingerprint density at radius 2 is 1.67 bits per heavy atom. The minimum absolute atomic E-state index is 0.251. The maximum atomic E-state index is 13.4. The Labute approximate surface area is 87.8 Å². The van der Waals surface area contributed by atoms with E-state index in [4.69, 9.17) is 0 Å². The molecule has 2 fully saturated rings. The van der Waals surface area contributed by atoms with Crippen molar-refractivity contribution in [3.05, 3.63) is 30.1 Å². The van der Waals surface area contributed by atoms with Crippen LogP contribution in [0.15, 0.2) is 29.3 Å².